The number of aliphatic hydroxyl groups is 2. The number of nitrogens with one attached hydrogen (secondary N) is 4. The topological polar surface area (TPSA) is 263 Å². The average Bonchev–Trinajstić information content (AvgIpc) is 2.74. The predicted octanol–water partition coefficient (Wildman–Crippen LogP) is -5.67. The number of primary amides is 1. The van der Waals surface area contributed by atoms with Gasteiger partial charge in [0.1, 0.15) is 23.4 Å². The van der Waals surface area contributed by atoms with Gasteiger partial charge < -0.3 is 48.1 Å². The van der Waals surface area contributed by atoms with Gasteiger partial charge >= 0.3 is 5.97 Å². The summed E-state index contributed by atoms with van der Waals surface area (Å²) in [5.74, 6) is -6.41. The summed E-state index contributed by atoms with van der Waals surface area (Å²) >= 11 is 0.636. The van der Waals surface area contributed by atoms with Crippen LogP contribution >= 0.6 is 11.8 Å². The Morgan fingerprint density at radius 3 is 2.03 bits per heavy atom. The molecule has 1 fully saturated rings. The van der Waals surface area contributed by atoms with E-state index in [1.807, 2.05) is 0 Å². The number of nitrogens with two attached hydrogens (primary N) is 2. The molecule has 1 aliphatic rings. The summed E-state index contributed by atoms with van der Waals surface area (Å²) in [6.07, 6.45) is -0.651. The number of thioether (sulfide) groups is 1. The summed E-state index contributed by atoms with van der Waals surface area (Å²) in [4.78, 5) is 72.8. The number of hydrogen-bond donors (Lipinski definition) is 9. The van der Waals surface area contributed by atoms with Gasteiger partial charge in [-0.3, -0.25) is 28.8 Å². The van der Waals surface area contributed by atoms with E-state index < -0.39 is 90.6 Å². The summed E-state index contributed by atoms with van der Waals surface area (Å²) in [5, 5.41) is 36.0. The van der Waals surface area contributed by atoms with Crippen molar-refractivity contribution in [3.63, 3.8) is 0 Å². The molecule has 0 saturated carbocycles. The Morgan fingerprint density at radius 1 is 0.939 bits per heavy atom. The van der Waals surface area contributed by atoms with Gasteiger partial charge in [-0.25, -0.2) is 0 Å². The third kappa shape index (κ3) is 8.49. The minimum atomic E-state index is -1.54. The normalized spacial score (nSPS) is 30.4. The highest BCUT2D eigenvalue weighted by Crippen LogP contribution is 2.17. The van der Waals surface area contributed by atoms with Crippen LogP contribution in [-0.4, -0.2) is 105 Å². The quantitative estimate of drug-likeness (QED) is 0.174. The molecule has 0 aromatic heterocycles. The number of rotatable bonds is 5. The molecule has 0 bridgehead atoms. The van der Waals surface area contributed by atoms with Crippen molar-refractivity contribution in [2.75, 3.05) is 19.0 Å². The van der Waals surface area contributed by atoms with Gasteiger partial charge in [0.25, 0.3) is 0 Å². The van der Waals surface area contributed by atoms with E-state index >= 15 is 0 Å². The first-order valence-corrected chi connectivity index (χ1v) is 10.8. The molecule has 0 radical (unpaired) electrons. The van der Waals surface area contributed by atoms with Crippen molar-refractivity contribution in [1.29, 1.82) is 0 Å². The van der Waals surface area contributed by atoms with Crippen LogP contribution in [0.25, 0.3) is 0 Å². The SMILES string of the molecule is C[C@@H]1NC(=O)C(CO)NC(=O)C(N)CSC(C(=O)O)[C@@H](CO)NC(=O)[C@H](CC(N)=O)NC1=O. The minimum Gasteiger partial charge on any atom is -0.480 e. The molecule has 0 spiro atoms. The van der Waals surface area contributed by atoms with Crippen LogP contribution < -0.4 is 32.7 Å². The third-order valence-electron chi connectivity index (χ3n) is 4.53. The maximum atomic E-state index is 12.7. The van der Waals surface area contributed by atoms with Gasteiger partial charge in [0, 0.05) is 5.75 Å². The van der Waals surface area contributed by atoms with Crippen molar-refractivity contribution in [2.24, 2.45) is 11.5 Å². The van der Waals surface area contributed by atoms with E-state index in [1.165, 1.54) is 6.92 Å². The Morgan fingerprint density at radius 2 is 1.52 bits per heavy atom. The lowest BCUT2D eigenvalue weighted by Crippen LogP contribution is -2.60. The average molecular weight is 493 g/mol. The zero-order valence-electron chi connectivity index (χ0n) is 17.6. The molecule has 1 saturated heterocycles. The molecule has 0 aliphatic carbocycles. The molecule has 1 aliphatic heterocycles. The van der Waals surface area contributed by atoms with E-state index in [4.69, 9.17) is 11.5 Å². The Bertz CT molecular complexity index is 782. The number of carboxylic acids is 1. The maximum Gasteiger partial charge on any atom is 0.318 e. The minimum absolute atomic E-state index is 0.285. The fraction of sp³-hybridized carbons (Fsp3) is 0.647. The van der Waals surface area contributed by atoms with Gasteiger partial charge in [-0.1, -0.05) is 0 Å². The largest absolute Gasteiger partial charge is 0.480 e. The first kappa shape index (κ1) is 28.1. The molecule has 15 nitrogen and oxygen atoms in total. The second-order valence-corrected chi connectivity index (χ2v) is 8.38. The monoisotopic (exact) mass is 492 g/mol. The van der Waals surface area contributed by atoms with Gasteiger partial charge in [0.05, 0.1) is 31.7 Å². The molecule has 11 N–H and O–H groups in total. The molecule has 186 valence electrons. The number of carboxylic acid groups (broad SMARTS) is 1. The zero-order chi connectivity index (χ0) is 25.3. The molecular weight excluding hydrogens is 464 g/mol. The first-order valence-electron chi connectivity index (χ1n) is 9.72. The van der Waals surface area contributed by atoms with Gasteiger partial charge in [0.15, 0.2) is 0 Å². The number of carbonyl (C=O) groups is 6. The number of amides is 5. The number of aliphatic carboxylic acids is 1. The third-order valence-corrected chi connectivity index (χ3v) is 5.97. The lowest BCUT2D eigenvalue weighted by Gasteiger charge is -2.28. The molecule has 5 amide bonds. The van der Waals surface area contributed by atoms with Crippen LogP contribution in [0, 0.1) is 0 Å². The fourth-order valence-electron chi connectivity index (χ4n) is 2.70. The molecular formula is C17H28N6O9S. The van der Waals surface area contributed by atoms with Crippen LogP contribution in [0.3, 0.4) is 0 Å². The van der Waals surface area contributed by atoms with E-state index in [0.29, 0.717) is 11.8 Å². The molecule has 0 aromatic rings. The highest BCUT2D eigenvalue weighted by molar-refractivity contribution is 8.00. The van der Waals surface area contributed by atoms with Crippen molar-refractivity contribution in [2.45, 2.75) is 48.8 Å². The van der Waals surface area contributed by atoms with Crippen LogP contribution in [0.1, 0.15) is 13.3 Å². The lowest BCUT2D eigenvalue weighted by molar-refractivity contribution is -0.138. The highest BCUT2D eigenvalue weighted by Gasteiger charge is 2.35. The van der Waals surface area contributed by atoms with E-state index in [2.05, 4.69) is 21.3 Å². The number of aliphatic hydroxyl groups excluding tert-OH is 2. The molecule has 16 heteroatoms. The van der Waals surface area contributed by atoms with Crippen LogP contribution in [0.15, 0.2) is 0 Å². The van der Waals surface area contributed by atoms with E-state index in [9.17, 15) is 44.1 Å². The maximum absolute atomic E-state index is 12.7. The highest BCUT2D eigenvalue weighted by atomic mass is 32.2. The van der Waals surface area contributed by atoms with Gasteiger partial charge in [0.2, 0.25) is 29.5 Å². The van der Waals surface area contributed by atoms with Crippen LogP contribution in [0.4, 0.5) is 0 Å². The predicted molar refractivity (Wildman–Crippen MR) is 113 cm³/mol. The van der Waals surface area contributed by atoms with Crippen molar-refractivity contribution in [1.82, 2.24) is 21.3 Å². The van der Waals surface area contributed by atoms with Crippen molar-refractivity contribution in [3.05, 3.63) is 0 Å². The lowest BCUT2D eigenvalue weighted by atomic mass is 10.1. The van der Waals surface area contributed by atoms with Gasteiger partial charge in [-0.15, -0.1) is 11.8 Å². The molecule has 33 heavy (non-hydrogen) atoms. The van der Waals surface area contributed by atoms with E-state index in [1.54, 1.807) is 0 Å². The first-order chi connectivity index (χ1) is 15.4. The van der Waals surface area contributed by atoms with Crippen molar-refractivity contribution >= 4 is 47.3 Å². The van der Waals surface area contributed by atoms with Gasteiger partial charge in [-0.05, 0) is 6.92 Å². The standard InChI is InChI=1S/C17H28N6O9S/c1-6-13(27)21-8(2-11(19)26)15(29)22-9(3-24)12(17(31)32)33-5-7(18)14(28)23-10(4-25)16(30)20-6/h6-10,12,24-25H,2-5,18H2,1H3,(H2,19,26)(H,20,30)(H,21,27)(H,22,29)(H,23,28)(H,31,32)/t6-,7?,8-,9+,10?,12?/m0/s1. The smallest absolute Gasteiger partial charge is 0.318 e. The Balaban J connectivity index is 3.30. The van der Waals surface area contributed by atoms with Crippen LogP contribution in [0.2, 0.25) is 0 Å². The van der Waals surface area contributed by atoms with Crippen LogP contribution in [0.5, 0.6) is 0 Å². The molecule has 1 heterocycles. The molecule has 0 aromatic carbocycles. The molecule has 6 atom stereocenters. The van der Waals surface area contributed by atoms with E-state index in [0.717, 1.165) is 0 Å². The van der Waals surface area contributed by atoms with Gasteiger partial charge in [-0.2, -0.15) is 0 Å². The van der Waals surface area contributed by atoms with E-state index in [-0.39, 0.29) is 5.75 Å². The summed E-state index contributed by atoms with van der Waals surface area (Å²) in [6.45, 7) is -0.415. The summed E-state index contributed by atoms with van der Waals surface area (Å²) in [5.41, 5.74) is 10.9. The zero-order valence-corrected chi connectivity index (χ0v) is 18.5. The Labute approximate surface area is 192 Å². The number of hydrogen-bond acceptors (Lipinski definition) is 10. The number of carbonyl (C=O) groups excluding carboxylic acids is 5. The Kier molecular flexibility index (Phi) is 11.0. The van der Waals surface area contributed by atoms with Crippen molar-refractivity contribution < 1.29 is 44.1 Å². The second kappa shape index (κ2) is 12.9. The summed E-state index contributed by atoms with van der Waals surface area (Å²) in [7, 11) is 0. The summed E-state index contributed by atoms with van der Waals surface area (Å²) in [6, 6.07) is -6.97. The summed E-state index contributed by atoms with van der Waals surface area (Å²) < 4.78 is 0. The van der Waals surface area contributed by atoms with Crippen molar-refractivity contribution in [3.8, 4) is 0 Å². The Hall–Kier alpha value is -2.95. The second-order valence-electron chi connectivity index (χ2n) is 7.20. The fourth-order valence-corrected chi connectivity index (χ4v) is 3.80. The molecule has 1 rings (SSSR count). The molecule has 3 unspecified atom stereocenters. The van der Waals surface area contributed by atoms with Crippen LogP contribution in [-0.2, 0) is 28.8 Å².